The van der Waals surface area contributed by atoms with Crippen molar-refractivity contribution in [1.29, 1.82) is 0 Å². The Labute approximate surface area is 102 Å². The van der Waals surface area contributed by atoms with Crippen molar-refractivity contribution in [2.24, 2.45) is 0 Å². The van der Waals surface area contributed by atoms with Crippen LogP contribution < -0.4 is 10.1 Å². The second kappa shape index (κ2) is 5.49. The van der Waals surface area contributed by atoms with Crippen LogP contribution in [0.15, 0.2) is 24.3 Å². The molecule has 1 unspecified atom stereocenters. The Kier molecular flexibility index (Phi) is 3.99. The van der Waals surface area contributed by atoms with Gasteiger partial charge in [0.15, 0.2) is 0 Å². The first kappa shape index (κ1) is 12.4. The minimum atomic E-state index is -0.479. The van der Waals surface area contributed by atoms with Crippen molar-refractivity contribution in [3.8, 4) is 5.75 Å². The van der Waals surface area contributed by atoms with Gasteiger partial charge >= 0.3 is 0 Å². The van der Waals surface area contributed by atoms with E-state index in [1.54, 1.807) is 0 Å². The lowest BCUT2D eigenvalue weighted by Gasteiger charge is -2.36. The van der Waals surface area contributed by atoms with Crippen molar-refractivity contribution in [3.63, 3.8) is 0 Å². The summed E-state index contributed by atoms with van der Waals surface area (Å²) in [6.07, 6.45) is -0.190. The van der Waals surface area contributed by atoms with Crippen molar-refractivity contribution in [1.82, 2.24) is 10.2 Å². The number of rotatable bonds is 5. The largest absolute Gasteiger partial charge is 0.488 e. The Morgan fingerprint density at radius 2 is 2.29 bits per heavy atom. The Bertz CT molecular complexity index is 364. The summed E-state index contributed by atoms with van der Waals surface area (Å²) < 4.78 is 5.82. The lowest BCUT2D eigenvalue weighted by Crippen LogP contribution is -2.51. The zero-order valence-corrected chi connectivity index (χ0v) is 10.4. The van der Waals surface area contributed by atoms with Crippen LogP contribution in [0.25, 0.3) is 0 Å². The molecule has 1 heterocycles. The van der Waals surface area contributed by atoms with Crippen LogP contribution >= 0.6 is 0 Å². The minimum absolute atomic E-state index is 0.289. The minimum Gasteiger partial charge on any atom is -0.488 e. The molecule has 2 N–H and O–H groups in total. The molecule has 1 aliphatic heterocycles. The summed E-state index contributed by atoms with van der Waals surface area (Å²) in [5.74, 6) is 0.843. The number of ether oxygens (including phenoxy) is 1. The molecule has 0 radical (unpaired) electrons. The van der Waals surface area contributed by atoms with Crippen molar-refractivity contribution in [3.05, 3.63) is 29.8 Å². The molecule has 2 rings (SSSR count). The van der Waals surface area contributed by atoms with Crippen LogP contribution in [-0.2, 0) is 0 Å². The predicted octanol–water partition coefficient (Wildman–Crippen LogP) is 0.632. The van der Waals surface area contributed by atoms with Gasteiger partial charge in [0.1, 0.15) is 11.9 Å². The number of likely N-dealkylation sites (tertiary alicyclic amines) is 1. The van der Waals surface area contributed by atoms with E-state index in [2.05, 4.69) is 17.3 Å². The topological polar surface area (TPSA) is 44.7 Å². The van der Waals surface area contributed by atoms with Crippen LogP contribution in [0.3, 0.4) is 0 Å². The fourth-order valence-corrected chi connectivity index (χ4v) is 2.02. The summed E-state index contributed by atoms with van der Waals surface area (Å²) in [5.41, 5.74) is 0.893. The zero-order valence-electron chi connectivity index (χ0n) is 10.4. The van der Waals surface area contributed by atoms with E-state index in [-0.39, 0.29) is 6.10 Å². The fourth-order valence-electron chi connectivity index (χ4n) is 2.02. The molecular weight excluding hydrogens is 216 g/mol. The molecular formula is C13H20N2O2. The molecule has 0 saturated carbocycles. The van der Waals surface area contributed by atoms with Crippen LogP contribution in [0.2, 0.25) is 0 Å². The lowest BCUT2D eigenvalue weighted by molar-refractivity contribution is 0.0386. The second-order valence-electron chi connectivity index (χ2n) is 4.61. The maximum Gasteiger partial charge on any atom is 0.124 e. The van der Waals surface area contributed by atoms with Crippen molar-refractivity contribution in [2.45, 2.75) is 12.2 Å². The van der Waals surface area contributed by atoms with E-state index in [1.165, 1.54) is 0 Å². The summed E-state index contributed by atoms with van der Waals surface area (Å²) in [6, 6.07) is 7.70. The van der Waals surface area contributed by atoms with Crippen LogP contribution in [0.1, 0.15) is 11.7 Å². The number of aliphatic hydroxyl groups is 1. The number of aliphatic hydroxyl groups excluding tert-OH is 1. The van der Waals surface area contributed by atoms with Gasteiger partial charge in [-0.05, 0) is 31.8 Å². The van der Waals surface area contributed by atoms with Crippen molar-refractivity contribution >= 4 is 0 Å². The number of likely N-dealkylation sites (N-methyl/N-ethyl adjacent to an activating group) is 2. The molecule has 1 saturated heterocycles. The highest BCUT2D eigenvalue weighted by Gasteiger charge is 2.24. The maximum atomic E-state index is 9.87. The van der Waals surface area contributed by atoms with Crippen LogP contribution in [0.4, 0.5) is 0 Å². The molecule has 0 spiro atoms. The summed E-state index contributed by atoms with van der Waals surface area (Å²) in [4.78, 5) is 2.21. The summed E-state index contributed by atoms with van der Waals surface area (Å²) in [7, 11) is 3.90. The van der Waals surface area contributed by atoms with E-state index in [1.807, 2.05) is 31.3 Å². The number of hydrogen-bond donors (Lipinski definition) is 2. The van der Waals surface area contributed by atoms with Gasteiger partial charge in [0.05, 0.1) is 6.10 Å². The third-order valence-electron chi connectivity index (χ3n) is 2.97. The highest BCUT2D eigenvalue weighted by molar-refractivity contribution is 5.30. The van der Waals surface area contributed by atoms with E-state index in [0.717, 1.165) is 24.4 Å². The van der Waals surface area contributed by atoms with E-state index in [0.29, 0.717) is 6.54 Å². The predicted molar refractivity (Wildman–Crippen MR) is 67.2 cm³/mol. The molecule has 17 heavy (non-hydrogen) atoms. The Balaban J connectivity index is 1.96. The van der Waals surface area contributed by atoms with Crippen LogP contribution in [-0.4, -0.2) is 49.8 Å². The number of nitrogens with one attached hydrogen (secondary N) is 1. The lowest BCUT2D eigenvalue weighted by atomic mass is 10.1. The van der Waals surface area contributed by atoms with E-state index in [9.17, 15) is 5.11 Å². The molecule has 1 aromatic rings. The van der Waals surface area contributed by atoms with E-state index < -0.39 is 6.10 Å². The van der Waals surface area contributed by atoms with Crippen LogP contribution in [0.5, 0.6) is 5.75 Å². The smallest absolute Gasteiger partial charge is 0.124 e. The van der Waals surface area contributed by atoms with E-state index in [4.69, 9.17) is 4.74 Å². The molecule has 4 heteroatoms. The van der Waals surface area contributed by atoms with Gasteiger partial charge in [-0.3, -0.25) is 4.90 Å². The summed E-state index contributed by atoms with van der Waals surface area (Å²) >= 11 is 0. The quantitative estimate of drug-likeness (QED) is 0.787. The maximum absolute atomic E-state index is 9.87. The average molecular weight is 236 g/mol. The zero-order chi connectivity index (χ0) is 12.3. The van der Waals surface area contributed by atoms with Gasteiger partial charge in [0, 0.05) is 19.6 Å². The van der Waals surface area contributed by atoms with Crippen LogP contribution in [0, 0.1) is 0 Å². The normalized spacial score (nSPS) is 18.8. The Morgan fingerprint density at radius 3 is 2.94 bits per heavy atom. The molecule has 0 amide bonds. The van der Waals surface area contributed by atoms with E-state index >= 15 is 0 Å². The third-order valence-corrected chi connectivity index (χ3v) is 2.97. The summed E-state index contributed by atoms with van der Waals surface area (Å²) in [6.45, 7) is 2.50. The molecule has 94 valence electrons. The highest BCUT2D eigenvalue weighted by atomic mass is 16.5. The first-order valence-electron chi connectivity index (χ1n) is 5.97. The van der Waals surface area contributed by atoms with Crippen molar-refractivity contribution in [2.75, 3.05) is 33.7 Å². The number of hydrogen-bond acceptors (Lipinski definition) is 4. The van der Waals surface area contributed by atoms with Gasteiger partial charge in [0.25, 0.3) is 0 Å². The molecule has 1 aliphatic rings. The van der Waals surface area contributed by atoms with Gasteiger partial charge in [-0.2, -0.15) is 0 Å². The molecule has 1 aromatic carbocycles. The van der Waals surface area contributed by atoms with Gasteiger partial charge in [-0.15, -0.1) is 0 Å². The SMILES string of the molecule is CNCC(O)c1cccc(OC2CN(C)C2)c1. The second-order valence-corrected chi connectivity index (χ2v) is 4.61. The molecule has 4 nitrogen and oxygen atoms in total. The van der Waals surface area contributed by atoms with Gasteiger partial charge in [0.2, 0.25) is 0 Å². The Morgan fingerprint density at radius 1 is 1.53 bits per heavy atom. The third kappa shape index (κ3) is 3.19. The summed E-state index contributed by atoms with van der Waals surface area (Å²) in [5, 5.41) is 12.8. The monoisotopic (exact) mass is 236 g/mol. The standard InChI is InChI=1S/C13H20N2O2/c1-14-7-13(16)10-4-3-5-11(6-10)17-12-8-15(2)9-12/h3-6,12-14,16H,7-9H2,1-2H3. The first-order valence-corrected chi connectivity index (χ1v) is 5.97. The number of nitrogens with zero attached hydrogens (tertiary/aromatic N) is 1. The molecule has 1 atom stereocenters. The first-order chi connectivity index (χ1) is 8.19. The molecule has 0 bridgehead atoms. The van der Waals surface area contributed by atoms with Gasteiger partial charge < -0.3 is 15.2 Å². The molecule has 1 fully saturated rings. The van der Waals surface area contributed by atoms with Gasteiger partial charge in [-0.1, -0.05) is 12.1 Å². The van der Waals surface area contributed by atoms with Crippen molar-refractivity contribution < 1.29 is 9.84 Å². The molecule has 0 aromatic heterocycles. The highest BCUT2D eigenvalue weighted by Crippen LogP contribution is 2.21. The molecule has 0 aliphatic carbocycles. The Hall–Kier alpha value is -1.10. The van der Waals surface area contributed by atoms with Gasteiger partial charge in [-0.25, -0.2) is 0 Å². The average Bonchev–Trinajstić information content (AvgIpc) is 2.28. The number of benzene rings is 1. The fraction of sp³-hybridized carbons (Fsp3) is 0.538.